The van der Waals surface area contributed by atoms with Crippen molar-refractivity contribution in [2.24, 2.45) is 5.92 Å². The number of hydrogen-bond donors (Lipinski definition) is 0. The fraction of sp³-hybridized carbons (Fsp3) is 0.480. The zero-order valence-electron chi connectivity index (χ0n) is 18.2. The van der Waals surface area contributed by atoms with E-state index in [0.717, 1.165) is 19.5 Å². The first kappa shape index (κ1) is 22.4. The van der Waals surface area contributed by atoms with E-state index in [1.165, 1.54) is 37.1 Å². The van der Waals surface area contributed by atoms with Crippen LogP contribution in [0.4, 0.5) is 8.78 Å². The van der Waals surface area contributed by atoms with Crippen molar-refractivity contribution in [3.63, 3.8) is 0 Å². The van der Waals surface area contributed by atoms with Crippen LogP contribution in [0.5, 0.6) is 0 Å². The van der Waals surface area contributed by atoms with Crippen LogP contribution in [0.15, 0.2) is 48.5 Å². The molecule has 30 heavy (non-hydrogen) atoms. The van der Waals surface area contributed by atoms with Crippen molar-refractivity contribution in [2.45, 2.75) is 45.1 Å². The van der Waals surface area contributed by atoms with Crippen molar-refractivity contribution in [1.82, 2.24) is 9.80 Å². The van der Waals surface area contributed by atoms with Gasteiger partial charge in [-0.2, -0.15) is 0 Å². The molecule has 1 atom stereocenters. The Bertz CT molecular complexity index is 769. The number of nitrogens with zero attached hydrogens (tertiary/aromatic N) is 2. The molecule has 2 aromatic carbocycles. The summed E-state index contributed by atoms with van der Waals surface area (Å²) < 4.78 is 27.0. The molecule has 1 saturated heterocycles. The predicted molar refractivity (Wildman–Crippen MR) is 116 cm³/mol. The third kappa shape index (κ3) is 5.66. The van der Waals surface area contributed by atoms with E-state index in [9.17, 15) is 13.6 Å². The standard InChI is InChI=1S/C25H32F2N2O/c1-18(2)16-23(29-14-4-5-15-29)17-28(3)25(30)24(19-6-10-21(26)11-7-19)20-8-12-22(27)13-9-20/h6-13,18,23-24H,4-5,14-17H2,1-3H3. The lowest BCUT2D eigenvalue weighted by Gasteiger charge is -2.34. The van der Waals surface area contributed by atoms with E-state index in [1.807, 2.05) is 7.05 Å². The largest absolute Gasteiger partial charge is 0.343 e. The molecule has 0 saturated carbocycles. The summed E-state index contributed by atoms with van der Waals surface area (Å²) in [4.78, 5) is 17.9. The number of carbonyl (C=O) groups is 1. The van der Waals surface area contributed by atoms with Crippen LogP contribution >= 0.6 is 0 Å². The molecular weight excluding hydrogens is 382 g/mol. The Labute approximate surface area is 178 Å². The SMILES string of the molecule is CC(C)CC(CN(C)C(=O)C(c1ccc(F)cc1)c1ccc(F)cc1)N1CCCC1. The highest BCUT2D eigenvalue weighted by molar-refractivity contribution is 5.87. The van der Waals surface area contributed by atoms with Crippen LogP contribution < -0.4 is 0 Å². The van der Waals surface area contributed by atoms with Gasteiger partial charge in [-0.3, -0.25) is 9.69 Å². The number of carbonyl (C=O) groups excluding carboxylic acids is 1. The summed E-state index contributed by atoms with van der Waals surface area (Å²) >= 11 is 0. The fourth-order valence-electron chi connectivity index (χ4n) is 4.40. The van der Waals surface area contributed by atoms with Gasteiger partial charge in [0.1, 0.15) is 11.6 Å². The number of likely N-dealkylation sites (tertiary alicyclic amines) is 1. The Kier molecular flexibility index (Phi) is 7.59. The lowest BCUT2D eigenvalue weighted by atomic mass is 9.89. The molecule has 1 fully saturated rings. The van der Waals surface area contributed by atoms with Crippen LogP contribution in [0.1, 0.15) is 50.2 Å². The smallest absolute Gasteiger partial charge is 0.234 e. The number of halogens is 2. The van der Waals surface area contributed by atoms with E-state index in [-0.39, 0.29) is 17.5 Å². The van der Waals surface area contributed by atoms with Crippen LogP contribution in [0.2, 0.25) is 0 Å². The number of hydrogen-bond acceptors (Lipinski definition) is 2. The second kappa shape index (κ2) is 10.2. The van der Waals surface area contributed by atoms with Gasteiger partial charge in [-0.15, -0.1) is 0 Å². The lowest BCUT2D eigenvalue weighted by Crippen LogP contribution is -2.45. The predicted octanol–water partition coefficient (Wildman–Crippen LogP) is 5.07. The van der Waals surface area contributed by atoms with Gasteiger partial charge in [0, 0.05) is 19.6 Å². The first-order chi connectivity index (χ1) is 14.3. The highest BCUT2D eigenvalue weighted by Crippen LogP contribution is 2.28. The highest BCUT2D eigenvalue weighted by atomic mass is 19.1. The van der Waals surface area contributed by atoms with Gasteiger partial charge in [0.25, 0.3) is 0 Å². The van der Waals surface area contributed by atoms with Gasteiger partial charge in [-0.05, 0) is 73.7 Å². The van der Waals surface area contributed by atoms with E-state index in [2.05, 4.69) is 18.7 Å². The van der Waals surface area contributed by atoms with Crippen molar-refractivity contribution in [3.05, 3.63) is 71.3 Å². The van der Waals surface area contributed by atoms with E-state index in [0.29, 0.717) is 29.6 Å². The fourth-order valence-corrected chi connectivity index (χ4v) is 4.40. The molecule has 1 aliphatic heterocycles. The topological polar surface area (TPSA) is 23.6 Å². The molecule has 1 aliphatic rings. The third-order valence-electron chi connectivity index (χ3n) is 5.91. The minimum Gasteiger partial charge on any atom is -0.343 e. The van der Waals surface area contributed by atoms with Crippen LogP contribution in [-0.4, -0.2) is 48.4 Å². The van der Waals surface area contributed by atoms with Crippen LogP contribution in [0.3, 0.4) is 0 Å². The van der Waals surface area contributed by atoms with Crippen molar-refractivity contribution >= 4 is 5.91 Å². The first-order valence-corrected chi connectivity index (χ1v) is 10.8. The average molecular weight is 415 g/mol. The molecule has 162 valence electrons. The second-order valence-electron chi connectivity index (χ2n) is 8.78. The van der Waals surface area contributed by atoms with E-state index >= 15 is 0 Å². The van der Waals surface area contributed by atoms with Crippen molar-refractivity contribution in [3.8, 4) is 0 Å². The Morgan fingerprint density at radius 3 is 1.83 bits per heavy atom. The van der Waals surface area contributed by atoms with E-state index < -0.39 is 5.92 Å². The molecule has 0 aliphatic carbocycles. The summed E-state index contributed by atoms with van der Waals surface area (Å²) in [7, 11) is 1.84. The van der Waals surface area contributed by atoms with Crippen LogP contribution in [0.25, 0.3) is 0 Å². The summed E-state index contributed by atoms with van der Waals surface area (Å²) in [6.45, 7) is 7.24. The Balaban J connectivity index is 1.85. The van der Waals surface area contributed by atoms with Crippen molar-refractivity contribution < 1.29 is 13.6 Å². The van der Waals surface area contributed by atoms with Gasteiger partial charge in [0.2, 0.25) is 5.91 Å². The van der Waals surface area contributed by atoms with Crippen LogP contribution in [0, 0.1) is 17.6 Å². The van der Waals surface area contributed by atoms with Gasteiger partial charge >= 0.3 is 0 Å². The van der Waals surface area contributed by atoms with Gasteiger partial charge < -0.3 is 4.90 Å². The van der Waals surface area contributed by atoms with E-state index in [1.54, 1.807) is 29.2 Å². The maximum absolute atomic E-state index is 13.6. The summed E-state index contributed by atoms with van der Waals surface area (Å²) in [6.07, 6.45) is 3.45. The Morgan fingerprint density at radius 2 is 1.40 bits per heavy atom. The number of benzene rings is 2. The first-order valence-electron chi connectivity index (χ1n) is 10.8. The molecule has 1 heterocycles. The minimum absolute atomic E-state index is 0.0545. The van der Waals surface area contributed by atoms with Gasteiger partial charge in [0.05, 0.1) is 5.92 Å². The monoisotopic (exact) mass is 414 g/mol. The molecule has 2 aromatic rings. The van der Waals surface area contributed by atoms with Gasteiger partial charge in [-0.1, -0.05) is 38.1 Å². The van der Waals surface area contributed by atoms with Crippen molar-refractivity contribution in [1.29, 1.82) is 0 Å². The molecular formula is C25H32F2N2O. The summed E-state index contributed by atoms with van der Waals surface area (Å²) in [5.41, 5.74) is 1.42. The molecule has 5 heteroatoms. The van der Waals surface area contributed by atoms with Gasteiger partial charge in [-0.25, -0.2) is 8.78 Å². The molecule has 1 amide bonds. The third-order valence-corrected chi connectivity index (χ3v) is 5.91. The summed E-state index contributed by atoms with van der Waals surface area (Å²) in [5.74, 6) is -0.786. The lowest BCUT2D eigenvalue weighted by molar-refractivity contribution is -0.131. The molecule has 1 unspecified atom stereocenters. The van der Waals surface area contributed by atoms with E-state index in [4.69, 9.17) is 0 Å². The molecule has 3 nitrogen and oxygen atoms in total. The normalized spacial score (nSPS) is 15.7. The number of amides is 1. The maximum atomic E-state index is 13.6. The zero-order valence-corrected chi connectivity index (χ0v) is 18.2. The maximum Gasteiger partial charge on any atom is 0.234 e. The van der Waals surface area contributed by atoms with Crippen molar-refractivity contribution in [2.75, 3.05) is 26.7 Å². The quantitative estimate of drug-likeness (QED) is 0.602. The zero-order chi connectivity index (χ0) is 21.7. The molecule has 3 rings (SSSR count). The molecule has 0 aromatic heterocycles. The second-order valence-corrected chi connectivity index (χ2v) is 8.78. The molecule has 0 radical (unpaired) electrons. The van der Waals surface area contributed by atoms with Crippen LogP contribution in [-0.2, 0) is 4.79 Å². The van der Waals surface area contributed by atoms with Gasteiger partial charge in [0.15, 0.2) is 0 Å². The number of rotatable bonds is 8. The molecule has 0 bridgehead atoms. The average Bonchev–Trinajstić information content (AvgIpc) is 3.25. The molecule has 0 N–H and O–H groups in total. The number of likely N-dealkylation sites (N-methyl/N-ethyl adjacent to an activating group) is 1. The Hall–Kier alpha value is -2.27. The minimum atomic E-state index is -0.588. The Morgan fingerprint density at radius 1 is 0.933 bits per heavy atom. The summed E-state index contributed by atoms with van der Waals surface area (Å²) in [6, 6.07) is 12.3. The highest BCUT2D eigenvalue weighted by Gasteiger charge is 2.30. The molecule has 0 spiro atoms. The summed E-state index contributed by atoms with van der Waals surface area (Å²) in [5, 5.41) is 0.